The molecule has 0 aliphatic carbocycles. The van der Waals surface area contributed by atoms with Crippen molar-refractivity contribution in [1.82, 2.24) is 4.31 Å². The molecule has 20 heavy (non-hydrogen) atoms. The van der Waals surface area contributed by atoms with Gasteiger partial charge in [-0.1, -0.05) is 17.9 Å². The van der Waals surface area contributed by atoms with Crippen molar-refractivity contribution in [2.75, 3.05) is 19.6 Å². The van der Waals surface area contributed by atoms with Gasteiger partial charge in [0.1, 0.15) is 0 Å². The summed E-state index contributed by atoms with van der Waals surface area (Å²) in [7, 11) is -3.58. The quantitative estimate of drug-likeness (QED) is 0.756. The summed E-state index contributed by atoms with van der Waals surface area (Å²) >= 11 is 0. The summed E-state index contributed by atoms with van der Waals surface area (Å²) in [6.07, 6.45) is -0.101. The lowest BCUT2D eigenvalue weighted by Crippen LogP contribution is -2.30. The Morgan fingerprint density at radius 1 is 1.50 bits per heavy atom. The third kappa shape index (κ3) is 3.02. The van der Waals surface area contributed by atoms with Crippen molar-refractivity contribution in [3.8, 4) is 11.8 Å². The van der Waals surface area contributed by atoms with E-state index >= 15 is 0 Å². The van der Waals surface area contributed by atoms with Gasteiger partial charge in [0.2, 0.25) is 10.0 Å². The minimum absolute atomic E-state index is 0.153. The van der Waals surface area contributed by atoms with Crippen LogP contribution in [0.15, 0.2) is 23.1 Å². The highest BCUT2D eigenvalue weighted by Crippen LogP contribution is 2.24. The first-order valence-electron chi connectivity index (χ1n) is 6.43. The molecule has 1 aromatic rings. The molecule has 0 saturated carbocycles. The maximum absolute atomic E-state index is 12.6. The van der Waals surface area contributed by atoms with Crippen molar-refractivity contribution < 1.29 is 13.5 Å². The zero-order valence-electron chi connectivity index (χ0n) is 11.3. The second-order valence-electron chi connectivity index (χ2n) is 4.79. The number of sulfonamides is 1. The molecule has 1 saturated heterocycles. The van der Waals surface area contributed by atoms with Gasteiger partial charge in [-0.2, -0.15) is 4.31 Å². The van der Waals surface area contributed by atoms with Crippen LogP contribution < -0.4 is 5.73 Å². The zero-order chi connectivity index (χ0) is 14.8. The van der Waals surface area contributed by atoms with Gasteiger partial charge in [0, 0.05) is 18.7 Å². The number of nitrogens with zero attached hydrogens (tertiary/aromatic N) is 1. The van der Waals surface area contributed by atoms with Gasteiger partial charge in [0.25, 0.3) is 0 Å². The standard InChI is InChI=1S/C14H18N2O3S/c1-11-4-5-12(3-2-7-15)9-14(11)20(18,19)16-8-6-13(17)10-16/h4-5,9,13,17H,6-8,10,15H2,1H3. The third-order valence-electron chi connectivity index (χ3n) is 3.27. The molecule has 1 atom stereocenters. The lowest BCUT2D eigenvalue weighted by Gasteiger charge is -2.17. The van der Waals surface area contributed by atoms with E-state index in [0.717, 1.165) is 0 Å². The van der Waals surface area contributed by atoms with Crippen molar-refractivity contribution in [2.24, 2.45) is 5.73 Å². The van der Waals surface area contributed by atoms with E-state index in [1.165, 1.54) is 4.31 Å². The third-order valence-corrected chi connectivity index (χ3v) is 5.27. The molecule has 3 N–H and O–H groups in total. The average molecular weight is 294 g/mol. The Kier molecular flexibility index (Phi) is 4.45. The predicted molar refractivity (Wildman–Crippen MR) is 76.5 cm³/mol. The highest BCUT2D eigenvalue weighted by molar-refractivity contribution is 7.89. The minimum atomic E-state index is -3.58. The Labute approximate surface area is 119 Å². The number of aliphatic hydroxyl groups excluding tert-OH is 1. The highest BCUT2D eigenvalue weighted by Gasteiger charge is 2.32. The van der Waals surface area contributed by atoms with E-state index in [0.29, 0.717) is 24.1 Å². The maximum Gasteiger partial charge on any atom is 0.243 e. The Morgan fingerprint density at radius 3 is 2.85 bits per heavy atom. The molecule has 6 heteroatoms. The van der Waals surface area contributed by atoms with Gasteiger partial charge in [-0.3, -0.25) is 0 Å². The molecule has 0 radical (unpaired) electrons. The van der Waals surface area contributed by atoms with Crippen molar-refractivity contribution in [2.45, 2.75) is 24.3 Å². The van der Waals surface area contributed by atoms with Gasteiger partial charge < -0.3 is 10.8 Å². The van der Waals surface area contributed by atoms with Gasteiger partial charge in [0.15, 0.2) is 0 Å². The lowest BCUT2D eigenvalue weighted by molar-refractivity contribution is 0.189. The summed E-state index contributed by atoms with van der Waals surface area (Å²) in [5.41, 5.74) is 6.61. The maximum atomic E-state index is 12.6. The molecule has 1 aromatic carbocycles. The first-order chi connectivity index (χ1) is 9.45. The van der Waals surface area contributed by atoms with Crippen LogP contribution in [0.2, 0.25) is 0 Å². The van der Waals surface area contributed by atoms with E-state index in [1.807, 2.05) is 0 Å². The molecule has 1 fully saturated rings. The van der Waals surface area contributed by atoms with Gasteiger partial charge in [-0.15, -0.1) is 0 Å². The van der Waals surface area contributed by atoms with Crippen molar-refractivity contribution in [1.29, 1.82) is 0 Å². The number of aryl methyl sites for hydroxylation is 1. The fraction of sp³-hybridized carbons (Fsp3) is 0.429. The molecule has 1 aliphatic heterocycles. The topological polar surface area (TPSA) is 83.6 Å². The molecular formula is C14H18N2O3S. The average Bonchev–Trinajstić information content (AvgIpc) is 2.85. The smallest absolute Gasteiger partial charge is 0.243 e. The summed E-state index contributed by atoms with van der Waals surface area (Å²) in [4.78, 5) is 0.246. The zero-order valence-corrected chi connectivity index (χ0v) is 12.2. The molecule has 5 nitrogen and oxygen atoms in total. The Morgan fingerprint density at radius 2 is 2.25 bits per heavy atom. The van der Waals surface area contributed by atoms with Gasteiger partial charge >= 0.3 is 0 Å². The number of nitrogens with two attached hydrogens (primary N) is 1. The molecule has 108 valence electrons. The normalized spacial score (nSPS) is 19.6. The van der Waals surface area contributed by atoms with Crippen molar-refractivity contribution in [3.05, 3.63) is 29.3 Å². The Bertz CT molecular complexity index is 659. The van der Waals surface area contributed by atoms with Gasteiger partial charge in [-0.25, -0.2) is 8.42 Å². The van der Waals surface area contributed by atoms with E-state index in [1.54, 1.807) is 25.1 Å². The second kappa shape index (κ2) is 5.94. The molecule has 1 unspecified atom stereocenters. The summed E-state index contributed by atoms with van der Waals surface area (Å²) in [5, 5.41) is 9.51. The van der Waals surface area contributed by atoms with Crippen LogP contribution in [0.25, 0.3) is 0 Å². The van der Waals surface area contributed by atoms with E-state index in [9.17, 15) is 13.5 Å². The number of aliphatic hydroxyl groups is 1. The predicted octanol–water partition coefficient (Wildman–Crippen LogP) is 0.0605. The van der Waals surface area contributed by atoms with Crippen molar-refractivity contribution >= 4 is 10.0 Å². The monoisotopic (exact) mass is 294 g/mol. The van der Waals surface area contributed by atoms with Crippen LogP contribution in [0.1, 0.15) is 17.5 Å². The summed E-state index contributed by atoms with van der Waals surface area (Å²) in [5.74, 6) is 5.54. The largest absolute Gasteiger partial charge is 0.392 e. The first-order valence-corrected chi connectivity index (χ1v) is 7.87. The SMILES string of the molecule is Cc1ccc(C#CCN)cc1S(=O)(=O)N1CCC(O)C1. The number of β-amino-alcohol motifs (C(OH)–C–C–N with tert-alkyl or cyclic N) is 1. The number of hydrogen-bond donors (Lipinski definition) is 2. The number of rotatable bonds is 2. The highest BCUT2D eigenvalue weighted by atomic mass is 32.2. The molecule has 0 bridgehead atoms. The second-order valence-corrected chi connectivity index (χ2v) is 6.70. The minimum Gasteiger partial charge on any atom is -0.392 e. The van der Waals surface area contributed by atoms with Crippen LogP contribution in [-0.2, 0) is 10.0 Å². The van der Waals surface area contributed by atoms with Crippen LogP contribution in [0, 0.1) is 18.8 Å². The Balaban J connectivity index is 2.40. The lowest BCUT2D eigenvalue weighted by atomic mass is 10.1. The number of benzene rings is 1. The van der Waals surface area contributed by atoms with Crippen LogP contribution in [0.5, 0.6) is 0 Å². The molecule has 0 spiro atoms. The first kappa shape index (κ1) is 15.0. The summed E-state index contributed by atoms with van der Waals surface area (Å²) in [6, 6.07) is 5.08. The molecule has 0 amide bonds. The van der Waals surface area contributed by atoms with Crippen LogP contribution in [0.3, 0.4) is 0 Å². The number of hydrogen-bond acceptors (Lipinski definition) is 4. The molecule has 1 aliphatic rings. The van der Waals surface area contributed by atoms with Crippen LogP contribution in [-0.4, -0.2) is 43.6 Å². The van der Waals surface area contributed by atoms with Gasteiger partial charge in [-0.05, 0) is 31.0 Å². The van der Waals surface area contributed by atoms with Crippen LogP contribution >= 0.6 is 0 Å². The molecular weight excluding hydrogens is 276 g/mol. The molecule has 1 heterocycles. The Hall–Kier alpha value is -1.39. The summed E-state index contributed by atoms with van der Waals surface area (Å²) < 4.78 is 26.5. The fourth-order valence-electron chi connectivity index (χ4n) is 2.18. The molecule has 0 aromatic heterocycles. The van der Waals surface area contributed by atoms with E-state index in [-0.39, 0.29) is 18.0 Å². The fourth-order valence-corrected chi connectivity index (χ4v) is 3.92. The van der Waals surface area contributed by atoms with E-state index in [4.69, 9.17) is 5.73 Å². The van der Waals surface area contributed by atoms with E-state index < -0.39 is 16.1 Å². The summed E-state index contributed by atoms with van der Waals surface area (Å²) in [6.45, 7) is 2.48. The molecule has 2 rings (SSSR count). The van der Waals surface area contributed by atoms with Crippen molar-refractivity contribution in [3.63, 3.8) is 0 Å². The van der Waals surface area contributed by atoms with E-state index in [2.05, 4.69) is 11.8 Å². The van der Waals surface area contributed by atoms with Gasteiger partial charge in [0.05, 0.1) is 17.5 Å². The van der Waals surface area contributed by atoms with Crippen LogP contribution in [0.4, 0.5) is 0 Å².